The highest BCUT2D eigenvalue weighted by atomic mass is 31.2. The SMILES string of the molecule is Nc1ncnc2c1ncn2[C@@]1(C(c2ccccc2)(c2ccccc2)c2ccccc2)C[C@H](OP(N)O)[C@@H](CO)O1. The van der Waals surface area contributed by atoms with Gasteiger partial charge in [0.25, 0.3) is 0 Å². The molecule has 0 spiro atoms. The number of nitrogen functional groups attached to an aromatic ring is 1. The van der Waals surface area contributed by atoms with Crippen LogP contribution in [0.5, 0.6) is 0 Å². The van der Waals surface area contributed by atoms with E-state index in [1.54, 1.807) is 6.33 Å². The molecule has 0 saturated carbocycles. The van der Waals surface area contributed by atoms with Crippen molar-refractivity contribution in [3.05, 3.63) is 120 Å². The molecular weight excluding hydrogens is 527 g/mol. The molecule has 1 aliphatic rings. The second-order valence-corrected chi connectivity index (χ2v) is 10.5. The topological polar surface area (TPSA) is 155 Å². The summed E-state index contributed by atoms with van der Waals surface area (Å²) in [6.07, 6.45) is 1.63. The Balaban J connectivity index is 1.78. The van der Waals surface area contributed by atoms with E-state index in [9.17, 15) is 10.00 Å². The Labute approximate surface area is 232 Å². The second-order valence-electron chi connectivity index (χ2n) is 9.67. The summed E-state index contributed by atoms with van der Waals surface area (Å²) in [7, 11) is -2.24. The number of aliphatic hydroxyl groups is 1. The maximum atomic E-state index is 10.5. The van der Waals surface area contributed by atoms with E-state index in [0.29, 0.717) is 11.2 Å². The molecule has 204 valence electrons. The van der Waals surface area contributed by atoms with Gasteiger partial charge in [-0.25, -0.2) is 15.0 Å². The lowest BCUT2D eigenvalue weighted by atomic mass is 9.61. The van der Waals surface area contributed by atoms with Crippen LogP contribution in [-0.2, 0) is 20.4 Å². The van der Waals surface area contributed by atoms with E-state index >= 15 is 0 Å². The number of aromatic nitrogens is 4. The van der Waals surface area contributed by atoms with E-state index in [2.05, 4.69) is 51.4 Å². The highest BCUT2D eigenvalue weighted by Gasteiger charge is 2.64. The molecule has 5 aromatic rings. The number of nitrogens with two attached hydrogens (primary N) is 2. The summed E-state index contributed by atoms with van der Waals surface area (Å²) in [4.78, 5) is 23.4. The zero-order chi connectivity index (χ0) is 27.7. The van der Waals surface area contributed by atoms with Crippen LogP contribution >= 0.6 is 8.53 Å². The molecule has 4 atom stereocenters. The lowest BCUT2D eigenvalue weighted by Gasteiger charge is -2.50. The van der Waals surface area contributed by atoms with Crippen LogP contribution < -0.4 is 11.2 Å². The molecule has 1 unspecified atom stereocenters. The summed E-state index contributed by atoms with van der Waals surface area (Å²) in [5, 5.41) is 10.5. The van der Waals surface area contributed by atoms with E-state index in [-0.39, 0.29) is 18.8 Å². The quantitative estimate of drug-likeness (QED) is 0.166. The summed E-state index contributed by atoms with van der Waals surface area (Å²) >= 11 is 0. The van der Waals surface area contributed by atoms with Crippen molar-refractivity contribution < 1.29 is 19.3 Å². The number of benzene rings is 3. The van der Waals surface area contributed by atoms with Crippen molar-refractivity contribution in [2.75, 3.05) is 12.3 Å². The van der Waals surface area contributed by atoms with Crippen molar-refractivity contribution >= 4 is 25.5 Å². The van der Waals surface area contributed by atoms with E-state index in [1.165, 1.54) is 6.33 Å². The molecule has 3 heterocycles. The minimum absolute atomic E-state index is 0.183. The molecule has 6 N–H and O–H groups in total. The van der Waals surface area contributed by atoms with E-state index < -0.39 is 31.9 Å². The maximum absolute atomic E-state index is 10.5. The third-order valence-electron chi connectivity index (χ3n) is 7.62. The Kier molecular flexibility index (Phi) is 7.06. The number of anilines is 1. The number of hydrogen-bond acceptors (Lipinski definition) is 9. The smallest absolute Gasteiger partial charge is 0.250 e. The van der Waals surface area contributed by atoms with Gasteiger partial charge in [-0.05, 0) is 16.7 Å². The Hall–Kier alpha value is -3.76. The van der Waals surface area contributed by atoms with Crippen LogP contribution in [0, 0.1) is 0 Å². The Morgan fingerprint density at radius 1 is 0.925 bits per heavy atom. The number of rotatable bonds is 8. The van der Waals surface area contributed by atoms with Gasteiger partial charge < -0.3 is 25.0 Å². The molecule has 0 aliphatic carbocycles. The normalized spacial score (nSPS) is 22.0. The van der Waals surface area contributed by atoms with Crippen molar-refractivity contribution in [1.29, 1.82) is 0 Å². The Morgan fingerprint density at radius 3 is 1.98 bits per heavy atom. The van der Waals surface area contributed by atoms with Gasteiger partial charge in [0.05, 0.1) is 24.5 Å². The highest BCUT2D eigenvalue weighted by molar-refractivity contribution is 7.43. The fraction of sp³-hybridized carbons (Fsp3) is 0.207. The molecule has 0 radical (unpaired) electrons. The van der Waals surface area contributed by atoms with Crippen molar-refractivity contribution in [3.63, 3.8) is 0 Å². The minimum Gasteiger partial charge on any atom is -0.394 e. The largest absolute Gasteiger partial charge is 0.394 e. The lowest BCUT2D eigenvalue weighted by Crippen LogP contribution is -2.55. The predicted octanol–water partition coefficient (Wildman–Crippen LogP) is 3.44. The third kappa shape index (κ3) is 4.08. The van der Waals surface area contributed by atoms with Crippen LogP contribution in [0.2, 0.25) is 0 Å². The first kappa shape index (κ1) is 26.5. The molecule has 0 bridgehead atoms. The first-order valence-corrected chi connectivity index (χ1v) is 14.1. The predicted molar refractivity (Wildman–Crippen MR) is 152 cm³/mol. The van der Waals surface area contributed by atoms with Crippen LogP contribution in [0.3, 0.4) is 0 Å². The minimum atomic E-state index is -2.24. The van der Waals surface area contributed by atoms with Gasteiger partial charge in [-0.2, -0.15) is 0 Å². The van der Waals surface area contributed by atoms with Crippen molar-refractivity contribution in [2.24, 2.45) is 5.50 Å². The number of aliphatic hydroxyl groups excluding tert-OH is 1. The van der Waals surface area contributed by atoms with Crippen LogP contribution in [0.1, 0.15) is 23.1 Å². The monoisotopic (exact) mass is 556 g/mol. The molecule has 0 amide bonds. The molecule has 1 aliphatic heterocycles. The number of ether oxygens (including phenoxy) is 1. The molecule has 1 saturated heterocycles. The van der Waals surface area contributed by atoms with Crippen molar-refractivity contribution in [3.8, 4) is 0 Å². The standard InChI is InChI=1S/C29H29N6O4P/c30-26-25-27(33-18-32-26)35(19-34-25)28(16-23(39-40(31)37)24(17-36)38-28)29(20-10-4-1-5-11-20,21-12-6-2-7-13-21)22-14-8-3-9-15-22/h1-15,18-19,23-24,36-37H,16-17,31H2,(H2,30,32,33)/t23-,24+,28-,40?/m0/s1. The van der Waals surface area contributed by atoms with Crippen molar-refractivity contribution in [1.82, 2.24) is 19.5 Å². The van der Waals surface area contributed by atoms with Gasteiger partial charge >= 0.3 is 0 Å². The number of hydrogen-bond donors (Lipinski definition) is 4. The van der Waals surface area contributed by atoms with Gasteiger partial charge in [-0.3, -0.25) is 10.1 Å². The molecular formula is C29H29N6O4P. The van der Waals surface area contributed by atoms with Gasteiger partial charge in [-0.15, -0.1) is 0 Å². The average Bonchev–Trinajstić information content (AvgIpc) is 3.58. The van der Waals surface area contributed by atoms with Gasteiger partial charge in [0.15, 0.2) is 17.2 Å². The van der Waals surface area contributed by atoms with Crippen LogP contribution in [0.15, 0.2) is 104 Å². The zero-order valence-corrected chi connectivity index (χ0v) is 22.4. The Morgan fingerprint density at radius 2 is 1.48 bits per heavy atom. The number of imidazole rings is 1. The summed E-state index contributed by atoms with van der Waals surface area (Å²) < 4.78 is 14.7. The summed E-state index contributed by atoms with van der Waals surface area (Å²) in [6.45, 7) is -0.367. The molecule has 1 fully saturated rings. The fourth-order valence-corrected chi connectivity index (χ4v) is 6.60. The van der Waals surface area contributed by atoms with Crippen LogP contribution in [0.4, 0.5) is 5.82 Å². The third-order valence-corrected chi connectivity index (χ3v) is 8.11. The summed E-state index contributed by atoms with van der Waals surface area (Å²) in [5.41, 5.74) is 13.2. The average molecular weight is 557 g/mol. The van der Waals surface area contributed by atoms with Gasteiger partial charge in [0.2, 0.25) is 8.53 Å². The van der Waals surface area contributed by atoms with Gasteiger partial charge in [-0.1, -0.05) is 91.0 Å². The van der Waals surface area contributed by atoms with E-state index in [1.807, 2.05) is 59.2 Å². The zero-order valence-electron chi connectivity index (χ0n) is 21.5. The molecule has 40 heavy (non-hydrogen) atoms. The highest BCUT2D eigenvalue weighted by Crippen LogP contribution is 2.58. The second kappa shape index (κ2) is 10.7. The van der Waals surface area contributed by atoms with Crippen LogP contribution in [-0.4, -0.2) is 48.3 Å². The summed E-state index contributed by atoms with van der Waals surface area (Å²) in [5.74, 6) is 0.231. The van der Waals surface area contributed by atoms with Gasteiger partial charge in [0, 0.05) is 6.42 Å². The molecule has 10 nitrogen and oxygen atoms in total. The molecule has 2 aromatic heterocycles. The molecule has 11 heteroatoms. The number of fused-ring (bicyclic) bond motifs is 1. The molecule has 6 rings (SSSR count). The van der Waals surface area contributed by atoms with Gasteiger partial charge in [0.1, 0.15) is 17.9 Å². The van der Waals surface area contributed by atoms with E-state index in [0.717, 1.165) is 16.7 Å². The number of nitrogens with zero attached hydrogens (tertiary/aromatic N) is 4. The summed E-state index contributed by atoms with van der Waals surface area (Å²) in [6, 6.07) is 30.1. The van der Waals surface area contributed by atoms with Crippen LogP contribution in [0.25, 0.3) is 11.2 Å². The lowest BCUT2D eigenvalue weighted by molar-refractivity contribution is -0.142. The Bertz CT molecular complexity index is 1490. The first-order chi connectivity index (χ1) is 19.5. The maximum Gasteiger partial charge on any atom is 0.250 e. The van der Waals surface area contributed by atoms with Crippen molar-refractivity contribution in [2.45, 2.75) is 29.8 Å². The van der Waals surface area contributed by atoms with E-state index in [4.69, 9.17) is 20.5 Å². The molecule has 3 aromatic carbocycles. The fourth-order valence-electron chi connectivity index (χ4n) is 6.11. The first-order valence-electron chi connectivity index (χ1n) is 12.8.